The van der Waals surface area contributed by atoms with Crippen LogP contribution in [0.2, 0.25) is 0 Å². The Balaban J connectivity index is 0.981. The lowest BCUT2D eigenvalue weighted by molar-refractivity contribution is -0.172. The van der Waals surface area contributed by atoms with Crippen LogP contribution in [0.1, 0.15) is 106 Å². The van der Waals surface area contributed by atoms with Crippen molar-refractivity contribution in [1.29, 1.82) is 0 Å². The van der Waals surface area contributed by atoms with Crippen molar-refractivity contribution in [3.63, 3.8) is 0 Å². The van der Waals surface area contributed by atoms with E-state index in [1.54, 1.807) is 6.07 Å². The molecule has 6 nitrogen and oxygen atoms in total. The number of methoxy groups -OCH3 is 1. The van der Waals surface area contributed by atoms with Gasteiger partial charge in [0.2, 0.25) is 0 Å². The highest BCUT2D eigenvalue weighted by Crippen LogP contribution is 2.48. The van der Waals surface area contributed by atoms with Crippen molar-refractivity contribution in [2.24, 2.45) is 5.92 Å². The van der Waals surface area contributed by atoms with Crippen LogP contribution in [-0.4, -0.2) is 92.8 Å². The predicted octanol–water partition coefficient (Wildman–Crippen LogP) is 9.18. The molecule has 0 bridgehead atoms. The highest BCUT2D eigenvalue weighted by atomic mass is 19.1. The van der Waals surface area contributed by atoms with Gasteiger partial charge in [0.25, 0.3) is 0 Å². The van der Waals surface area contributed by atoms with E-state index in [0.717, 1.165) is 80.9 Å². The first-order valence-electron chi connectivity index (χ1n) is 20.2. The average Bonchev–Trinajstić information content (AvgIpc) is 3.15. The molecule has 3 aromatic carbocycles. The van der Waals surface area contributed by atoms with E-state index in [-0.39, 0.29) is 47.9 Å². The minimum atomic E-state index is -0.646. The predicted molar refractivity (Wildman–Crippen MR) is 210 cm³/mol. The molecule has 296 valence electrons. The summed E-state index contributed by atoms with van der Waals surface area (Å²) in [7, 11) is 3.67. The Morgan fingerprint density at radius 1 is 0.796 bits per heavy atom. The van der Waals surface area contributed by atoms with Crippen LogP contribution < -0.4 is 0 Å². The molecular weight excluding hydrogens is 688 g/mol. The van der Waals surface area contributed by atoms with E-state index >= 15 is 0 Å². The van der Waals surface area contributed by atoms with Crippen LogP contribution in [-0.2, 0) is 20.7 Å². The van der Waals surface area contributed by atoms with Crippen LogP contribution in [0.25, 0.3) is 0 Å². The van der Waals surface area contributed by atoms with Crippen molar-refractivity contribution in [1.82, 2.24) is 14.7 Å². The normalized spacial score (nSPS) is 19.5. The van der Waals surface area contributed by atoms with Gasteiger partial charge in [0, 0.05) is 52.2 Å². The minimum Gasteiger partial charge on any atom is -0.457 e. The summed E-state index contributed by atoms with van der Waals surface area (Å²) in [5.41, 5.74) is 3.54. The van der Waals surface area contributed by atoms with Gasteiger partial charge < -0.3 is 19.3 Å². The molecule has 0 aromatic heterocycles. The Bertz CT molecular complexity index is 1530. The number of carbonyl (C=O) groups excluding carboxylic acids is 1. The number of carbonyl (C=O) groups is 1. The molecule has 1 aliphatic heterocycles. The first kappa shape index (κ1) is 41.9. The quantitative estimate of drug-likeness (QED) is 0.0849. The Morgan fingerprint density at radius 3 is 1.96 bits per heavy atom. The number of nitrogens with zero attached hydrogens (tertiary/aromatic N) is 3. The number of benzene rings is 3. The van der Waals surface area contributed by atoms with Crippen LogP contribution in [0.3, 0.4) is 0 Å². The van der Waals surface area contributed by atoms with Gasteiger partial charge in [-0.2, -0.15) is 0 Å². The van der Waals surface area contributed by atoms with Crippen molar-refractivity contribution in [3.05, 3.63) is 106 Å². The zero-order valence-electron chi connectivity index (χ0n) is 33.0. The van der Waals surface area contributed by atoms with Crippen LogP contribution in [0, 0.1) is 23.4 Å². The number of piperazine rings is 1. The summed E-state index contributed by atoms with van der Waals surface area (Å²) in [5, 5.41) is 0. The summed E-state index contributed by atoms with van der Waals surface area (Å²) in [6, 6.07) is 18.5. The summed E-state index contributed by atoms with van der Waals surface area (Å²) in [6.45, 7) is 11.0. The molecule has 0 amide bonds. The third kappa shape index (κ3) is 11.6. The number of halogens is 3. The van der Waals surface area contributed by atoms with E-state index in [1.165, 1.54) is 76.0 Å². The number of unbranched alkanes of at least 4 members (excludes halogenated alkanes) is 6. The summed E-state index contributed by atoms with van der Waals surface area (Å²) < 4.78 is 52.9. The zero-order chi connectivity index (χ0) is 38.5. The highest BCUT2D eigenvalue weighted by molar-refractivity contribution is 5.71. The number of fused-ring (bicyclic) bond motifs is 1. The second-order valence-corrected chi connectivity index (χ2v) is 15.9. The van der Waals surface area contributed by atoms with E-state index in [9.17, 15) is 18.0 Å². The summed E-state index contributed by atoms with van der Waals surface area (Å²) in [4.78, 5) is 20.2. The van der Waals surface area contributed by atoms with Crippen molar-refractivity contribution in [3.8, 4) is 0 Å². The molecule has 0 N–H and O–H groups in total. The number of hydrogen-bond acceptors (Lipinski definition) is 6. The van der Waals surface area contributed by atoms with Crippen molar-refractivity contribution < 1.29 is 27.4 Å². The van der Waals surface area contributed by atoms with E-state index < -0.39 is 5.60 Å². The SMILES string of the molecule is COCC(=O)OC1(CCN(C)CCCCCCCCCN2CCN(C(c3ccc(F)cc3)c3ccc(F)cc3)CC2)CCc2cc(F)ccc2C1C(C)C. The van der Waals surface area contributed by atoms with Crippen molar-refractivity contribution in [2.75, 3.05) is 66.6 Å². The second kappa shape index (κ2) is 20.6. The topological polar surface area (TPSA) is 45.3 Å². The lowest BCUT2D eigenvalue weighted by Crippen LogP contribution is -2.49. The fourth-order valence-electron chi connectivity index (χ4n) is 8.91. The first-order chi connectivity index (χ1) is 26.1. The van der Waals surface area contributed by atoms with Gasteiger partial charge in [-0.15, -0.1) is 0 Å². The molecule has 1 aliphatic carbocycles. The van der Waals surface area contributed by atoms with E-state index in [0.29, 0.717) is 12.8 Å². The molecule has 3 aromatic rings. The summed E-state index contributed by atoms with van der Waals surface area (Å²) in [5.74, 6) is -0.835. The van der Waals surface area contributed by atoms with Gasteiger partial charge in [0.05, 0.1) is 6.04 Å². The Hall–Kier alpha value is -3.24. The summed E-state index contributed by atoms with van der Waals surface area (Å²) in [6.07, 6.45) is 10.6. The smallest absolute Gasteiger partial charge is 0.332 e. The Labute approximate surface area is 322 Å². The van der Waals surface area contributed by atoms with Gasteiger partial charge in [0.15, 0.2) is 0 Å². The molecule has 5 rings (SSSR count). The second-order valence-electron chi connectivity index (χ2n) is 15.9. The molecular formula is C45H62F3N3O3. The summed E-state index contributed by atoms with van der Waals surface area (Å²) >= 11 is 0. The molecule has 1 fully saturated rings. The molecule has 0 spiro atoms. The van der Waals surface area contributed by atoms with Crippen LogP contribution in [0.5, 0.6) is 0 Å². The van der Waals surface area contributed by atoms with Crippen molar-refractivity contribution in [2.45, 2.75) is 95.6 Å². The first-order valence-corrected chi connectivity index (χ1v) is 20.2. The molecule has 0 radical (unpaired) electrons. The van der Waals surface area contributed by atoms with Crippen LogP contribution in [0.4, 0.5) is 13.2 Å². The standard InChI is InChI=1S/C45H62F3N3O3/c1-34(2)43-41-21-20-40(48)32-37(41)22-23-45(43,54-42(52)33-53-4)24-27-49(3)25-10-8-6-5-7-9-11-26-50-28-30-51(31-29-50)44(35-12-16-38(46)17-13-35)36-14-18-39(47)19-15-36/h12-21,32,34,43-44H,5-11,22-31,33H2,1-4H3. The van der Waals surface area contributed by atoms with Gasteiger partial charge in [-0.3, -0.25) is 4.90 Å². The Kier molecular flexibility index (Phi) is 16.0. The monoisotopic (exact) mass is 749 g/mol. The Morgan fingerprint density at radius 2 is 1.37 bits per heavy atom. The molecule has 0 saturated carbocycles. The lowest BCUT2D eigenvalue weighted by Gasteiger charge is -2.47. The van der Waals surface area contributed by atoms with E-state index in [4.69, 9.17) is 9.47 Å². The highest BCUT2D eigenvalue weighted by Gasteiger charge is 2.47. The molecule has 2 aliphatic rings. The maximum absolute atomic E-state index is 14.1. The molecule has 54 heavy (non-hydrogen) atoms. The molecule has 1 heterocycles. The third-order valence-corrected chi connectivity index (χ3v) is 11.6. The molecule has 2 atom stereocenters. The number of ether oxygens (including phenoxy) is 2. The number of aryl methyl sites for hydroxylation is 1. The lowest BCUT2D eigenvalue weighted by atomic mass is 9.65. The van der Waals surface area contributed by atoms with Gasteiger partial charge in [-0.05, 0) is 110 Å². The third-order valence-electron chi connectivity index (χ3n) is 11.6. The van der Waals surface area contributed by atoms with Gasteiger partial charge in [-0.25, -0.2) is 18.0 Å². The zero-order valence-corrected chi connectivity index (χ0v) is 33.0. The minimum absolute atomic E-state index is 0.00587. The average molecular weight is 750 g/mol. The van der Waals surface area contributed by atoms with Gasteiger partial charge in [-0.1, -0.05) is 76.3 Å². The fourth-order valence-corrected chi connectivity index (χ4v) is 8.91. The molecule has 2 unspecified atom stereocenters. The number of hydrogen-bond donors (Lipinski definition) is 0. The molecule has 9 heteroatoms. The number of rotatable bonds is 20. The van der Waals surface area contributed by atoms with Crippen molar-refractivity contribution >= 4 is 5.97 Å². The molecule has 1 saturated heterocycles. The van der Waals surface area contributed by atoms with Crippen LogP contribution >= 0.6 is 0 Å². The fraction of sp³-hybridized carbons (Fsp3) is 0.578. The van der Waals surface area contributed by atoms with E-state index in [2.05, 4.69) is 35.6 Å². The van der Waals surface area contributed by atoms with E-state index in [1.807, 2.05) is 30.3 Å². The van der Waals surface area contributed by atoms with Gasteiger partial charge in [0.1, 0.15) is 29.7 Å². The largest absolute Gasteiger partial charge is 0.457 e. The number of esters is 1. The maximum Gasteiger partial charge on any atom is 0.332 e. The van der Waals surface area contributed by atoms with Gasteiger partial charge >= 0.3 is 5.97 Å². The van der Waals surface area contributed by atoms with Crippen LogP contribution in [0.15, 0.2) is 66.7 Å². The maximum atomic E-state index is 14.1.